The SMILES string of the molecule is c1cc(CC2CCCC[N]2)ccn1. The van der Waals surface area contributed by atoms with Gasteiger partial charge in [0.1, 0.15) is 0 Å². The third-order valence-electron chi connectivity index (χ3n) is 2.55. The summed E-state index contributed by atoms with van der Waals surface area (Å²) in [5.74, 6) is 0. The van der Waals surface area contributed by atoms with Crippen LogP contribution in [-0.2, 0) is 6.42 Å². The molecular weight excluding hydrogens is 160 g/mol. The molecule has 1 aromatic heterocycles. The Morgan fingerprint density at radius 1 is 1.23 bits per heavy atom. The first-order chi connectivity index (χ1) is 6.45. The van der Waals surface area contributed by atoms with Crippen LogP contribution in [0.25, 0.3) is 0 Å². The Kier molecular flexibility index (Phi) is 2.93. The maximum absolute atomic E-state index is 4.60. The van der Waals surface area contributed by atoms with E-state index in [4.69, 9.17) is 0 Å². The van der Waals surface area contributed by atoms with Gasteiger partial charge in [0, 0.05) is 25.0 Å². The predicted octanol–water partition coefficient (Wildman–Crippen LogP) is 1.78. The first-order valence-electron chi connectivity index (χ1n) is 5.00. The molecule has 13 heavy (non-hydrogen) atoms. The van der Waals surface area contributed by atoms with Gasteiger partial charge >= 0.3 is 0 Å². The summed E-state index contributed by atoms with van der Waals surface area (Å²) < 4.78 is 0. The number of nitrogens with zero attached hydrogens (tertiary/aromatic N) is 2. The molecule has 0 bridgehead atoms. The van der Waals surface area contributed by atoms with E-state index in [0.717, 1.165) is 13.0 Å². The van der Waals surface area contributed by atoms with Crippen LogP contribution in [0.1, 0.15) is 24.8 Å². The van der Waals surface area contributed by atoms with E-state index in [1.807, 2.05) is 12.4 Å². The van der Waals surface area contributed by atoms with Crippen molar-refractivity contribution in [2.45, 2.75) is 31.7 Å². The summed E-state index contributed by atoms with van der Waals surface area (Å²) in [7, 11) is 0. The number of aromatic nitrogens is 1. The van der Waals surface area contributed by atoms with Gasteiger partial charge in [0.15, 0.2) is 0 Å². The number of pyridine rings is 1. The fourth-order valence-electron chi connectivity index (χ4n) is 1.81. The van der Waals surface area contributed by atoms with E-state index in [2.05, 4.69) is 22.4 Å². The summed E-state index contributed by atoms with van der Waals surface area (Å²) in [6.45, 7) is 1.07. The van der Waals surface area contributed by atoms with Gasteiger partial charge in [-0.15, -0.1) is 0 Å². The molecule has 0 saturated carbocycles. The average Bonchev–Trinajstić information content (AvgIpc) is 2.21. The number of rotatable bonds is 2. The molecule has 1 fully saturated rings. The molecular formula is C11H15N2. The van der Waals surface area contributed by atoms with Crippen LogP contribution in [0.4, 0.5) is 0 Å². The summed E-state index contributed by atoms with van der Waals surface area (Å²) in [6.07, 6.45) is 8.72. The highest BCUT2D eigenvalue weighted by Gasteiger charge is 2.13. The number of hydrogen-bond donors (Lipinski definition) is 0. The van der Waals surface area contributed by atoms with Crippen molar-refractivity contribution in [2.24, 2.45) is 0 Å². The summed E-state index contributed by atoms with van der Waals surface area (Å²) in [4.78, 5) is 4.01. The van der Waals surface area contributed by atoms with Crippen molar-refractivity contribution in [2.75, 3.05) is 6.54 Å². The van der Waals surface area contributed by atoms with Gasteiger partial charge in [0.05, 0.1) is 0 Å². The van der Waals surface area contributed by atoms with Crippen LogP contribution in [0, 0.1) is 0 Å². The van der Waals surface area contributed by atoms with Crippen LogP contribution in [0.3, 0.4) is 0 Å². The van der Waals surface area contributed by atoms with Crippen LogP contribution in [0.5, 0.6) is 0 Å². The minimum absolute atomic E-state index is 0.566. The lowest BCUT2D eigenvalue weighted by atomic mass is 9.98. The van der Waals surface area contributed by atoms with E-state index < -0.39 is 0 Å². The fraction of sp³-hybridized carbons (Fsp3) is 0.545. The molecule has 0 aromatic carbocycles. The van der Waals surface area contributed by atoms with Gasteiger partial charge in [-0.25, -0.2) is 5.32 Å². The molecule has 1 saturated heterocycles. The minimum Gasteiger partial charge on any atom is -0.265 e. The predicted molar refractivity (Wildman–Crippen MR) is 52.6 cm³/mol. The van der Waals surface area contributed by atoms with Crippen LogP contribution in [0.15, 0.2) is 24.5 Å². The molecule has 0 spiro atoms. The molecule has 69 valence electrons. The van der Waals surface area contributed by atoms with E-state index in [-0.39, 0.29) is 0 Å². The van der Waals surface area contributed by atoms with Gasteiger partial charge in [-0.1, -0.05) is 6.42 Å². The molecule has 1 aromatic rings. The van der Waals surface area contributed by atoms with Gasteiger partial charge in [0.25, 0.3) is 0 Å². The highest BCUT2D eigenvalue weighted by Crippen LogP contribution is 2.13. The zero-order chi connectivity index (χ0) is 8.93. The van der Waals surface area contributed by atoms with Crippen LogP contribution in [0.2, 0.25) is 0 Å². The summed E-state index contributed by atoms with van der Waals surface area (Å²) in [5.41, 5.74) is 1.37. The summed E-state index contributed by atoms with van der Waals surface area (Å²) in [5, 5.41) is 4.60. The van der Waals surface area contributed by atoms with Crippen LogP contribution in [-0.4, -0.2) is 17.6 Å². The van der Waals surface area contributed by atoms with E-state index in [9.17, 15) is 0 Å². The molecule has 1 aliphatic rings. The van der Waals surface area contributed by atoms with Crippen molar-refractivity contribution >= 4 is 0 Å². The van der Waals surface area contributed by atoms with Crippen molar-refractivity contribution in [3.05, 3.63) is 30.1 Å². The van der Waals surface area contributed by atoms with Gasteiger partial charge in [0.2, 0.25) is 0 Å². The first-order valence-corrected chi connectivity index (χ1v) is 5.00. The normalized spacial score (nSPS) is 22.9. The molecule has 0 N–H and O–H groups in total. The van der Waals surface area contributed by atoms with E-state index in [0.29, 0.717) is 6.04 Å². The van der Waals surface area contributed by atoms with Crippen LogP contribution >= 0.6 is 0 Å². The first kappa shape index (κ1) is 8.70. The second-order valence-corrected chi connectivity index (χ2v) is 3.62. The third-order valence-corrected chi connectivity index (χ3v) is 2.55. The van der Waals surface area contributed by atoms with E-state index >= 15 is 0 Å². The Bertz CT molecular complexity index is 240. The third kappa shape index (κ3) is 2.52. The van der Waals surface area contributed by atoms with Gasteiger partial charge < -0.3 is 0 Å². The molecule has 2 nitrogen and oxygen atoms in total. The highest BCUT2D eigenvalue weighted by atomic mass is 14.9. The zero-order valence-electron chi connectivity index (χ0n) is 7.82. The van der Waals surface area contributed by atoms with Gasteiger partial charge in [-0.2, -0.15) is 0 Å². The fourth-order valence-corrected chi connectivity index (χ4v) is 1.81. The molecule has 2 heteroatoms. The van der Waals surface area contributed by atoms with Crippen molar-refractivity contribution in [3.8, 4) is 0 Å². The Balaban J connectivity index is 1.90. The van der Waals surface area contributed by atoms with Gasteiger partial charge in [-0.3, -0.25) is 4.98 Å². The lowest BCUT2D eigenvalue weighted by molar-refractivity contribution is 0.391. The summed E-state index contributed by atoms with van der Waals surface area (Å²) >= 11 is 0. The zero-order valence-corrected chi connectivity index (χ0v) is 7.82. The average molecular weight is 175 g/mol. The number of hydrogen-bond acceptors (Lipinski definition) is 1. The topological polar surface area (TPSA) is 27.0 Å². The summed E-state index contributed by atoms with van der Waals surface area (Å²) in [6, 6.07) is 4.74. The molecule has 1 aliphatic heterocycles. The molecule has 2 rings (SSSR count). The molecule has 0 amide bonds. The van der Waals surface area contributed by atoms with Crippen molar-refractivity contribution < 1.29 is 0 Å². The Morgan fingerprint density at radius 2 is 2.08 bits per heavy atom. The highest BCUT2D eigenvalue weighted by molar-refractivity contribution is 5.11. The molecule has 0 aliphatic carbocycles. The van der Waals surface area contributed by atoms with Gasteiger partial charge in [-0.05, 0) is 37.0 Å². The van der Waals surface area contributed by atoms with E-state index in [1.54, 1.807) is 0 Å². The molecule has 1 unspecified atom stereocenters. The van der Waals surface area contributed by atoms with Crippen molar-refractivity contribution in [1.29, 1.82) is 0 Å². The maximum Gasteiger partial charge on any atom is 0.0286 e. The quantitative estimate of drug-likeness (QED) is 0.673. The standard InChI is InChI=1S/C11H15N2/c1-2-6-13-11(3-1)9-10-4-7-12-8-5-10/h4-5,7-8,11H,1-3,6,9H2. The molecule has 2 heterocycles. The lowest BCUT2D eigenvalue weighted by Crippen LogP contribution is -2.29. The van der Waals surface area contributed by atoms with Crippen LogP contribution < -0.4 is 5.32 Å². The second kappa shape index (κ2) is 4.38. The Hall–Kier alpha value is -0.890. The van der Waals surface area contributed by atoms with E-state index in [1.165, 1.54) is 24.8 Å². The molecule has 1 radical (unpaired) electrons. The Labute approximate surface area is 79.4 Å². The molecule has 1 atom stereocenters. The maximum atomic E-state index is 4.60. The largest absolute Gasteiger partial charge is 0.265 e. The number of piperidine rings is 1. The van der Waals surface area contributed by atoms with Crippen molar-refractivity contribution in [1.82, 2.24) is 10.3 Å². The monoisotopic (exact) mass is 175 g/mol. The smallest absolute Gasteiger partial charge is 0.0286 e. The van der Waals surface area contributed by atoms with Crippen molar-refractivity contribution in [3.63, 3.8) is 0 Å². The minimum atomic E-state index is 0.566. The second-order valence-electron chi connectivity index (χ2n) is 3.62. The Morgan fingerprint density at radius 3 is 2.77 bits per heavy atom. The lowest BCUT2D eigenvalue weighted by Gasteiger charge is -2.21.